The van der Waals surface area contributed by atoms with E-state index in [-0.39, 0.29) is 12.0 Å². The molecule has 1 heterocycles. The number of hydrogen-bond donors (Lipinski definition) is 1. The third-order valence-corrected chi connectivity index (χ3v) is 4.46. The van der Waals surface area contributed by atoms with E-state index in [1.54, 1.807) is 0 Å². The molecule has 1 aliphatic carbocycles. The third kappa shape index (κ3) is 4.45. The molecular formula is C15H27N3O. The molecule has 0 aromatic carbocycles. The van der Waals surface area contributed by atoms with Gasteiger partial charge in [-0.1, -0.05) is 26.2 Å². The van der Waals surface area contributed by atoms with E-state index < -0.39 is 0 Å². The predicted octanol–water partition coefficient (Wildman–Crippen LogP) is 1.77. The topological polar surface area (TPSA) is 48.3 Å². The van der Waals surface area contributed by atoms with Crippen LogP contribution in [0.4, 0.5) is 0 Å². The summed E-state index contributed by atoms with van der Waals surface area (Å²) in [6.45, 7) is 7.10. The van der Waals surface area contributed by atoms with Crippen LogP contribution in [-0.2, 0) is 4.74 Å². The summed E-state index contributed by atoms with van der Waals surface area (Å²) in [5.74, 6) is 0.188. The quantitative estimate of drug-likeness (QED) is 0.787. The number of hydrogen-bond acceptors (Lipinski definition) is 4. The first-order valence-corrected chi connectivity index (χ1v) is 7.80. The van der Waals surface area contributed by atoms with Crippen molar-refractivity contribution in [2.24, 2.45) is 5.92 Å². The summed E-state index contributed by atoms with van der Waals surface area (Å²) in [4.78, 5) is 2.44. The van der Waals surface area contributed by atoms with E-state index in [2.05, 4.69) is 23.2 Å². The molecule has 0 radical (unpaired) electrons. The monoisotopic (exact) mass is 265 g/mol. The molecule has 1 aliphatic heterocycles. The van der Waals surface area contributed by atoms with Crippen molar-refractivity contribution in [1.82, 2.24) is 10.2 Å². The number of rotatable bonds is 4. The van der Waals surface area contributed by atoms with Crippen molar-refractivity contribution in [3.63, 3.8) is 0 Å². The van der Waals surface area contributed by atoms with Gasteiger partial charge in [-0.15, -0.1) is 0 Å². The van der Waals surface area contributed by atoms with Gasteiger partial charge in [0.25, 0.3) is 0 Å². The molecule has 1 N–H and O–H groups in total. The Morgan fingerprint density at radius 1 is 1.32 bits per heavy atom. The number of nitriles is 1. The first kappa shape index (κ1) is 14.8. The zero-order valence-electron chi connectivity index (χ0n) is 12.1. The van der Waals surface area contributed by atoms with Crippen molar-refractivity contribution in [1.29, 1.82) is 5.26 Å². The van der Waals surface area contributed by atoms with Gasteiger partial charge in [-0.2, -0.15) is 5.26 Å². The van der Waals surface area contributed by atoms with E-state index in [1.165, 1.54) is 19.3 Å². The van der Waals surface area contributed by atoms with Gasteiger partial charge in [0.1, 0.15) is 0 Å². The van der Waals surface area contributed by atoms with Crippen molar-refractivity contribution in [2.75, 3.05) is 32.8 Å². The van der Waals surface area contributed by atoms with Gasteiger partial charge >= 0.3 is 0 Å². The van der Waals surface area contributed by atoms with Crippen LogP contribution in [0.25, 0.3) is 0 Å². The van der Waals surface area contributed by atoms with Crippen LogP contribution in [0, 0.1) is 17.2 Å². The van der Waals surface area contributed by atoms with Gasteiger partial charge in [0.2, 0.25) is 0 Å². The van der Waals surface area contributed by atoms with Gasteiger partial charge in [-0.3, -0.25) is 4.90 Å². The average Bonchev–Trinajstić information content (AvgIpc) is 2.70. The zero-order chi connectivity index (χ0) is 13.5. The van der Waals surface area contributed by atoms with Crippen molar-refractivity contribution in [3.8, 4) is 6.07 Å². The van der Waals surface area contributed by atoms with Crippen molar-refractivity contribution in [3.05, 3.63) is 0 Å². The van der Waals surface area contributed by atoms with Gasteiger partial charge in [0.15, 0.2) is 0 Å². The Balaban J connectivity index is 1.78. The van der Waals surface area contributed by atoms with Gasteiger partial charge in [0.05, 0.1) is 24.7 Å². The van der Waals surface area contributed by atoms with E-state index in [1.807, 2.05) is 0 Å². The molecule has 0 aromatic heterocycles. The summed E-state index contributed by atoms with van der Waals surface area (Å²) in [6.07, 6.45) is 6.22. The SMILES string of the molecule is CCN1CCOC(CNC2CCCCCC2C#N)C1. The Bertz CT molecular complexity index is 302. The predicted molar refractivity (Wildman–Crippen MR) is 75.8 cm³/mol. The molecule has 0 aromatic rings. The summed E-state index contributed by atoms with van der Waals surface area (Å²) in [7, 11) is 0. The fourth-order valence-electron chi connectivity index (χ4n) is 3.18. The number of likely N-dealkylation sites (N-methyl/N-ethyl adjacent to an activating group) is 1. The van der Waals surface area contributed by atoms with Crippen LogP contribution in [0.5, 0.6) is 0 Å². The average molecular weight is 265 g/mol. The fourth-order valence-corrected chi connectivity index (χ4v) is 3.18. The largest absolute Gasteiger partial charge is 0.374 e. The lowest BCUT2D eigenvalue weighted by molar-refractivity contribution is -0.0269. The number of ether oxygens (including phenoxy) is 1. The van der Waals surface area contributed by atoms with Gasteiger partial charge in [-0.25, -0.2) is 0 Å². The van der Waals surface area contributed by atoms with Crippen molar-refractivity contribution in [2.45, 2.75) is 51.2 Å². The van der Waals surface area contributed by atoms with Crippen LogP contribution >= 0.6 is 0 Å². The van der Waals surface area contributed by atoms with Crippen LogP contribution < -0.4 is 5.32 Å². The van der Waals surface area contributed by atoms with Crippen molar-refractivity contribution < 1.29 is 4.74 Å². The molecule has 0 amide bonds. The molecule has 4 nitrogen and oxygen atoms in total. The Kier molecular flexibility index (Phi) is 6.09. The molecule has 3 atom stereocenters. The number of nitrogens with one attached hydrogen (secondary N) is 1. The molecule has 0 bridgehead atoms. The number of nitrogens with zero attached hydrogens (tertiary/aromatic N) is 2. The Morgan fingerprint density at radius 2 is 2.16 bits per heavy atom. The Hall–Kier alpha value is -0.630. The van der Waals surface area contributed by atoms with Crippen LogP contribution in [0.3, 0.4) is 0 Å². The molecule has 0 spiro atoms. The van der Waals surface area contributed by atoms with Crippen LogP contribution in [0.2, 0.25) is 0 Å². The van der Waals surface area contributed by atoms with E-state index in [9.17, 15) is 5.26 Å². The third-order valence-electron chi connectivity index (χ3n) is 4.46. The maximum absolute atomic E-state index is 9.27. The van der Waals surface area contributed by atoms with E-state index >= 15 is 0 Å². The smallest absolute Gasteiger partial charge is 0.0826 e. The molecule has 108 valence electrons. The molecule has 1 saturated carbocycles. The van der Waals surface area contributed by atoms with E-state index in [0.29, 0.717) is 6.04 Å². The van der Waals surface area contributed by atoms with E-state index in [0.717, 1.165) is 45.6 Å². The van der Waals surface area contributed by atoms with Crippen LogP contribution in [0.1, 0.15) is 39.0 Å². The molecule has 2 fully saturated rings. The summed E-state index contributed by atoms with van der Waals surface area (Å²) >= 11 is 0. The summed E-state index contributed by atoms with van der Waals surface area (Å²) in [5, 5.41) is 12.9. The summed E-state index contributed by atoms with van der Waals surface area (Å²) in [6, 6.07) is 2.86. The molecule has 19 heavy (non-hydrogen) atoms. The highest BCUT2D eigenvalue weighted by Gasteiger charge is 2.25. The van der Waals surface area contributed by atoms with Crippen LogP contribution in [-0.4, -0.2) is 49.8 Å². The first-order valence-electron chi connectivity index (χ1n) is 7.80. The van der Waals surface area contributed by atoms with Gasteiger partial charge < -0.3 is 10.1 Å². The second kappa shape index (κ2) is 7.84. The second-order valence-corrected chi connectivity index (χ2v) is 5.77. The molecular weight excluding hydrogens is 238 g/mol. The normalized spacial score (nSPS) is 33.6. The maximum atomic E-state index is 9.27. The summed E-state index contributed by atoms with van der Waals surface area (Å²) < 4.78 is 5.81. The molecule has 3 unspecified atom stereocenters. The molecule has 1 saturated heterocycles. The highest BCUT2D eigenvalue weighted by atomic mass is 16.5. The molecule has 2 rings (SSSR count). The standard InChI is InChI=1S/C15H27N3O/c1-2-18-8-9-19-14(12-18)11-17-15-7-5-3-4-6-13(15)10-16/h13-15,17H,2-9,11-12H2,1H3. The lowest BCUT2D eigenvalue weighted by atomic mass is 9.96. The highest BCUT2D eigenvalue weighted by Crippen LogP contribution is 2.23. The second-order valence-electron chi connectivity index (χ2n) is 5.77. The molecule has 2 aliphatic rings. The summed E-state index contributed by atoms with van der Waals surface area (Å²) in [5.41, 5.74) is 0. The Labute approximate surface area is 117 Å². The van der Waals surface area contributed by atoms with Crippen LogP contribution in [0.15, 0.2) is 0 Å². The lowest BCUT2D eigenvalue weighted by Crippen LogP contribution is -2.49. The highest BCUT2D eigenvalue weighted by molar-refractivity contribution is 4.94. The van der Waals surface area contributed by atoms with Gasteiger partial charge in [-0.05, 0) is 19.4 Å². The minimum absolute atomic E-state index is 0.188. The molecule has 4 heteroatoms. The fraction of sp³-hybridized carbons (Fsp3) is 0.933. The minimum atomic E-state index is 0.188. The zero-order valence-corrected chi connectivity index (χ0v) is 12.1. The minimum Gasteiger partial charge on any atom is -0.374 e. The Morgan fingerprint density at radius 3 is 2.95 bits per heavy atom. The van der Waals surface area contributed by atoms with E-state index in [4.69, 9.17) is 4.74 Å². The maximum Gasteiger partial charge on any atom is 0.0826 e. The number of morpholine rings is 1. The first-order chi connectivity index (χ1) is 9.33. The lowest BCUT2D eigenvalue weighted by Gasteiger charge is -2.33. The van der Waals surface area contributed by atoms with Crippen molar-refractivity contribution >= 4 is 0 Å². The van der Waals surface area contributed by atoms with Gasteiger partial charge in [0, 0.05) is 25.7 Å².